The van der Waals surface area contributed by atoms with Crippen molar-refractivity contribution in [2.45, 2.75) is 35.5 Å². The molecule has 0 amide bonds. The number of ether oxygens (including phenoxy) is 1. The van der Waals surface area contributed by atoms with Crippen molar-refractivity contribution < 1.29 is 9.66 Å². The molecule has 0 radical (unpaired) electrons. The highest BCUT2D eigenvalue weighted by molar-refractivity contribution is 7.99. The van der Waals surface area contributed by atoms with Crippen LogP contribution in [-0.2, 0) is 12.8 Å². The van der Waals surface area contributed by atoms with Crippen molar-refractivity contribution in [1.29, 1.82) is 0 Å². The monoisotopic (exact) mass is 426 g/mol. The third-order valence-corrected chi connectivity index (χ3v) is 6.13. The van der Waals surface area contributed by atoms with E-state index in [-0.39, 0.29) is 11.4 Å². The normalized spacial score (nSPS) is 13.0. The van der Waals surface area contributed by atoms with Crippen LogP contribution in [0, 0.1) is 10.1 Å². The van der Waals surface area contributed by atoms with Crippen molar-refractivity contribution in [1.82, 2.24) is 0 Å². The number of nitro benzene ring substituents is 1. The molecule has 7 heteroatoms. The zero-order chi connectivity index (χ0) is 20.4. The van der Waals surface area contributed by atoms with Crippen molar-refractivity contribution in [3.05, 3.63) is 80.9 Å². The topological polar surface area (TPSA) is 78.4 Å². The number of rotatable bonds is 5. The van der Waals surface area contributed by atoms with Crippen LogP contribution in [-0.4, -0.2) is 4.92 Å². The van der Waals surface area contributed by atoms with Crippen molar-refractivity contribution in [3.8, 4) is 11.5 Å². The number of benzene rings is 3. The summed E-state index contributed by atoms with van der Waals surface area (Å²) in [4.78, 5) is 12.5. The van der Waals surface area contributed by atoms with Gasteiger partial charge in [-0.25, -0.2) is 0 Å². The number of hydrogen-bond acceptors (Lipinski definition) is 5. The van der Waals surface area contributed by atoms with E-state index in [1.807, 2.05) is 30.3 Å². The molecular weight excluding hydrogens is 408 g/mol. The number of anilines is 1. The maximum Gasteiger partial charge on any atom is 0.295 e. The second kappa shape index (κ2) is 8.35. The standard InChI is InChI=1S/C22H19ClN2O3S/c23-16-6-3-7-18(11-16)29-22-12-19(24)20(25(26)27)13-21(22)28-17-9-8-14-4-1-2-5-15(14)10-17/h3,6-13H,1-2,4-5,24H2. The Hall–Kier alpha value is -2.70. The van der Waals surface area contributed by atoms with Crippen LogP contribution in [0.5, 0.6) is 11.5 Å². The largest absolute Gasteiger partial charge is 0.456 e. The maximum atomic E-state index is 11.4. The van der Waals surface area contributed by atoms with E-state index in [9.17, 15) is 10.1 Å². The molecule has 2 N–H and O–H groups in total. The predicted octanol–water partition coefficient (Wildman–Crippen LogP) is 6.65. The second-order valence-corrected chi connectivity index (χ2v) is 8.47. The number of nitrogens with zero attached hydrogens (tertiary/aromatic N) is 1. The van der Waals surface area contributed by atoms with E-state index < -0.39 is 4.92 Å². The zero-order valence-corrected chi connectivity index (χ0v) is 17.1. The lowest BCUT2D eigenvalue weighted by molar-refractivity contribution is -0.384. The molecule has 3 aromatic carbocycles. The van der Waals surface area contributed by atoms with Crippen LogP contribution in [0.2, 0.25) is 5.02 Å². The maximum absolute atomic E-state index is 11.4. The van der Waals surface area contributed by atoms with E-state index in [0.29, 0.717) is 21.4 Å². The van der Waals surface area contributed by atoms with Crippen LogP contribution in [0.15, 0.2) is 64.4 Å². The summed E-state index contributed by atoms with van der Waals surface area (Å²) in [5.41, 5.74) is 8.47. The Morgan fingerprint density at radius 1 is 1.03 bits per heavy atom. The third kappa shape index (κ3) is 4.49. The molecule has 0 fully saturated rings. The van der Waals surface area contributed by atoms with Gasteiger partial charge in [-0.2, -0.15) is 0 Å². The number of nitrogens with two attached hydrogens (primary N) is 1. The van der Waals surface area contributed by atoms with Gasteiger partial charge >= 0.3 is 0 Å². The summed E-state index contributed by atoms with van der Waals surface area (Å²) in [5, 5.41) is 12.0. The molecule has 0 spiro atoms. The van der Waals surface area contributed by atoms with E-state index in [4.69, 9.17) is 22.1 Å². The average Bonchev–Trinajstić information content (AvgIpc) is 2.69. The van der Waals surface area contributed by atoms with Crippen LogP contribution < -0.4 is 10.5 Å². The molecule has 4 rings (SSSR count). The van der Waals surface area contributed by atoms with Crippen LogP contribution in [0.1, 0.15) is 24.0 Å². The highest BCUT2D eigenvalue weighted by Crippen LogP contribution is 2.42. The first-order valence-electron chi connectivity index (χ1n) is 9.30. The summed E-state index contributed by atoms with van der Waals surface area (Å²) in [6.07, 6.45) is 4.48. The van der Waals surface area contributed by atoms with Gasteiger partial charge in [0.05, 0.1) is 15.9 Å². The average molecular weight is 427 g/mol. The van der Waals surface area contributed by atoms with Gasteiger partial charge in [0, 0.05) is 9.92 Å². The number of nitrogen functional groups attached to an aromatic ring is 1. The Labute approximate surface area is 178 Å². The van der Waals surface area contributed by atoms with Crippen molar-refractivity contribution in [3.63, 3.8) is 0 Å². The SMILES string of the molecule is Nc1cc(Sc2cccc(Cl)c2)c(Oc2ccc3c(c2)CCCC3)cc1[N+](=O)[O-]. The molecule has 0 bridgehead atoms. The number of halogens is 1. The molecule has 148 valence electrons. The fraction of sp³-hybridized carbons (Fsp3) is 0.182. The Morgan fingerprint density at radius 3 is 2.59 bits per heavy atom. The smallest absolute Gasteiger partial charge is 0.295 e. The van der Waals surface area contributed by atoms with Gasteiger partial charge in [-0.05, 0) is 73.2 Å². The minimum atomic E-state index is -0.497. The van der Waals surface area contributed by atoms with E-state index in [1.165, 1.54) is 41.8 Å². The zero-order valence-electron chi connectivity index (χ0n) is 15.6. The third-order valence-electron chi connectivity index (χ3n) is 4.86. The van der Waals surface area contributed by atoms with Crippen LogP contribution >= 0.6 is 23.4 Å². The number of nitro groups is 1. The van der Waals surface area contributed by atoms with E-state index in [0.717, 1.165) is 17.7 Å². The summed E-state index contributed by atoms with van der Waals surface area (Å²) in [5.74, 6) is 1.06. The van der Waals surface area contributed by atoms with E-state index in [1.54, 1.807) is 12.1 Å². The number of hydrogen-bond donors (Lipinski definition) is 1. The molecule has 0 atom stereocenters. The summed E-state index contributed by atoms with van der Waals surface area (Å²) in [6.45, 7) is 0. The first-order chi connectivity index (χ1) is 14.0. The van der Waals surface area contributed by atoms with E-state index in [2.05, 4.69) is 6.07 Å². The minimum absolute atomic E-state index is 0.0947. The first-order valence-corrected chi connectivity index (χ1v) is 10.5. The minimum Gasteiger partial charge on any atom is -0.456 e. The molecular formula is C22H19ClN2O3S. The molecule has 1 aliphatic rings. The summed E-state index contributed by atoms with van der Waals surface area (Å²) >= 11 is 7.49. The lowest BCUT2D eigenvalue weighted by Crippen LogP contribution is -2.02. The molecule has 1 aliphatic carbocycles. The summed E-state index contributed by atoms with van der Waals surface area (Å²) in [7, 11) is 0. The van der Waals surface area contributed by atoms with Gasteiger partial charge < -0.3 is 10.5 Å². The summed E-state index contributed by atoms with van der Waals surface area (Å²) in [6, 6.07) is 16.4. The van der Waals surface area contributed by atoms with Gasteiger partial charge in [0.25, 0.3) is 5.69 Å². The van der Waals surface area contributed by atoms with Crippen molar-refractivity contribution in [2.75, 3.05) is 5.73 Å². The fourth-order valence-electron chi connectivity index (χ4n) is 3.44. The van der Waals surface area contributed by atoms with Gasteiger partial charge in [-0.1, -0.05) is 35.5 Å². The van der Waals surface area contributed by atoms with Crippen molar-refractivity contribution in [2.24, 2.45) is 0 Å². The summed E-state index contributed by atoms with van der Waals surface area (Å²) < 4.78 is 6.11. The number of aryl methyl sites for hydroxylation is 2. The molecule has 3 aromatic rings. The van der Waals surface area contributed by atoms with Crippen LogP contribution in [0.3, 0.4) is 0 Å². The fourth-order valence-corrected chi connectivity index (χ4v) is 4.67. The Kier molecular flexibility index (Phi) is 5.65. The van der Waals surface area contributed by atoms with Gasteiger partial charge in [-0.15, -0.1) is 0 Å². The van der Waals surface area contributed by atoms with Crippen LogP contribution in [0.4, 0.5) is 11.4 Å². The van der Waals surface area contributed by atoms with Gasteiger partial charge in [0.2, 0.25) is 0 Å². The van der Waals surface area contributed by atoms with Crippen molar-refractivity contribution >= 4 is 34.7 Å². The van der Waals surface area contributed by atoms with Gasteiger partial charge in [0.1, 0.15) is 17.2 Å². The van der Waals surface area contributed by atoms with E-state index >= 15 is 0 Å². The molecule has 0 heterocycles. The Morgan fingerprint density at radius 2 is 1.83 bits per heavy atom. The number of fused-ring (bicyclic) bond motifs is 1. The molecule has 5 nitrogen and oxygen atoms in total. The highest BCUT2D eigenvalue weighted by Gasteiger charge is 2.19. The predicted molar refractivity (Wildman–Crippen MR) is 116 cm³/mol. The Bertz CT molecular complexity index is 1090. The second-order valence-electron chi connectivity index (χ2n) is 6.91. The van der Waals surface area contributed by atoms with Gasteiger partial charge in [0.15, 0.2) is 0 Å². The van der Waals surface area contributed by atoms with Crippen LogP contribution in [0.25, 0.3) is 0 Å². The molecule has 0 saturated heterocycles. The quantitative estimate of drug-likeness (QED) is 0.280. The molecule has 0 unspecified atom stereocenters. The molecule has 0 saturated carbocycles. The molecule has 0 aromatic heterocycles. The van der Waals surface area contributed by atoms with Gasteiger partial charge in [-0.3, -0.25) is 10.1 Å². The lowest BCUT2D eigenvalue weighted by Gasteiger charge is -2.17. The molecule has 29 heavy (non-hydrogen) atoms. The highest BCUT2D eigenvalue weighted by atomic mass is 35.5. The lowest BCUT2D eigenvalue weighted by atomic mass is 9.92. The first kappa shape index (κ1) is 19.6. The Balaban J connectivity index is 1.71. The molecule has 0 aliphatic heterocycles.